The van der Waals surface area contributed by atoms with E-state index in [0.717, 1.165) is 32.2 Å². The fourth-order valence-electron chi connectivity index (χ4n) is 2.58. The van der Waals surface area contributed by atoms with Crippen molar-refractivity contribution >= 4 is 21.6 Å². The van der Waals surface area contributed by atoms with Crippen LogP contribution in [0.25, 0.3) is 0 Å². The molecule has 0 bridgehead atoms. The summed E-state index contributed by atoms with van der Waals surface area (Å²) in [4.78, 5) is 14.2. The number of anilines is 1. The van der Waals surface area contributed by atoms with Gasteiger partial charge < -0.3 is 4.90 Å². The summed E-state index contributed by atoms with van der Waals surface area (Å²) < 4.78 is 25.3. The molecule has 2 rings (SSSR count). The van der Waals surface area contributed by atoms with Crippen LogP contribution < -0.4 is 4.31 Å². The molecule has 1 atom stereocenters. The van der Waals surface area contributed by atoms with Crippen molar-refractivity contribution in [3.05, 3.63) is 30.3 Å². The number of rotatable bonds is 4. The van der Waals surface area contributed by atoms with E-state index >= 15 is 0 Å². The van der Waals surface area contributed by atoms with E-state index in [0.29, 0.717) is 5.69 Å². The Hall–Kier alpha value is -1.56. The Morgan fingerprint density at radius 2 is 1.75 bits per heavy atom. The number of carbonyl (C=O) groups is 1. The van der Waals surface area contributed by atoms with Gasteiger partial charge in [-0.05, 0) is 31.9 Å². The van der Waals surface area contributed by atoms with Crippen LogP contribution in [0, 0.1) is 0 Å². The van der Waals surface area contributed by atoms with Gasteiger partial charge in [-0.2, -0.15) is 0 Å². The summed E-state index contributed by atoms with van der Waals surface area (Å²) in [6.45, 7) is 3.08. The minimum absolute atomic E-state index is 0.128. The Balaban J connectivity index is 2.30. The average Bonchev–Trinajstić information content (AvgIpc) is 2.91. The summed E-state index contributed by atoms with van der Waals surface area (Å²) >= 11 is 0. The molecule has 0 aliphatic carbocycles. The zero-order chi connectivity index (χ0) is 14.8. The van der Waals surface area contributed by atoms with Crippen molar-refractivity contribution in [1.82, 2.24) is 4.90 Å². The Bertz CT molecular complexity index is 565. The first-order valence-corrected chi connectivity index (χ1v) is 8.59. The third kappa shape index (κ3) is 3.12. The zero-order valence-electron chi connectivity index (χ0n) is 11.8. The predicted octanol–water partition coefficient (Wildman–Crippen LogP) is 1.46. The van der Waals surface area contributed by atoms with Gasteiger partial charge in [0.2, 0.25) is 15.9 Å². The van der Waals surface area contributed by atoms with Crippen molar-refractivity contribution in [2.45, 2.75) is 25.8 Å². The van der Waals surface area contributed by atoms with Crippen LogP contribution in [0.2, 0.25) is 0 Å². The normalized spacial score (nSPS) is 17.0. The first-order valence-electron chi connectivity index (χ1n) is 6.74. The van der Waals surface area contributed by atoms with E-state index in [4.69, 9.17) is 0 Å². The number of amides is 1. The Morgan fingerprint density at radius 1 is 1.20 bits per heavy atom. The highest BCUT2D eigenvalue weighted by Gasteiger charge is 2.32. The summed E-state index contributed by atoms with van der Waals surface area (Å²) in [5.41, 5.74) is 0.523. The molecule has 110 valence electrons. The van der Waals surface area contributed by atoms with Crippen molar-refractivity contribution in [2.75, 3.05) is 23.7 Å². The SMILES string of the molecule is C[C@@H](C(=O)N1CCCC1)N(c1ccccc1)S(C)(=O)=O. The fraction of sp³-hybridized carbons (Fsp3) is 0.500. The van der Waals surface area contributed by atoms with E-state index in [1.807, 2.05) is 6.07 Å². The van der Waals surface area contributed by atoms with Crippen molar-refractivity contribution in [3.8, 4) is 0 Å². The lowest BCUT2D eigenvalue weighted by atomic mass is 10.2. The maximum absolute atomic E-state index is 12.4. The Labute approximate surface area is 120 Å². The smallest absolute Gasteiger partial charge is 0.246 e. The maximum Gasteiger partial charge on any atom is 0.246 e. The lowest BCUT2D eigenvalue weighted by Crippen LogP contribution is -2.48. The van der Waals surface area contributed by atoms with Gasteiger partial charge in [0.25, 0.3) is 0 Å². The number of nitrogens with zero attached hydrogens (tertiary/aromatic N) is 2. The topological polar surface area (TPSA) is 57.7 Å². The molecular formula is C14H20N2O3S. The quantitative estimate of drug-likeness (QED) is 0.845. The molecule has 1 aliphatic rings. The second-order valence-corrected chi connectivity index (χ2v) is 6.96. The standard InChI is InChI=1S/C14H20N2O3S/c1-12(14(17)15-10-6-7-11-15)16(20(2,18)19)13-8-4-3-5-9-13/h3-5,8-9,12H,6-7,10-11H2,1-2H3/t12-/m0/s1. The van der Waals surface area contributed by atoms with Crippen LogP contribution in [0.5, 0.6) is 0 Å². The van der Waals surface area contributed by atoms with Gasteiger partial charge in [0.15, 0.2) is 0 Å². The molecule has 1 heterocycles. The minimum Gasteiger partial charge on any atom is -0.341 e. The van der Waals surface area contributed by atoms with Crippen LogP contribution in [-0.2, 0) is 14.8 Å². The average molecular weight is 296 g/mol. The van der Waals surface area contributed by atoms with Gasteiger partial charge in [-0.15, -0.1) is 0 Å². The highest BCUT2D eigenvalue weighted by Crippen LogP contribution is 2.22. The first-order chi connectivity index (χ1) is 9.41. The molecule has 1 aromatic carbocycles. The highest BCUT2D eigenvalue weighted by atomic mass is 32.2. The predicted molar refractivity (Wildman–Crippen MR) is 79.0 cm³/mol. The van der Waals surface area contributed by atoms with Crippen LogP contribution in [0.15, 0.2) is 30.3 Å². The second kappa shape index (κ2) is 5.83. The molecule has 1 amide bonds. The molecule has 20 heavy (non-hydrogen) atoms. The molecular weight excluding hydrogens is 276 g/mol. The maximum atomic E-state index is 12.4. The van der Waals surface area contributed by atoms with Crippen LogP contribution in [-0.4, -0.2) is 44.6 Å². The van der Waals surface area contributed by atoms with Crippen molar-refractivity contribution in [1.29, 1.82) is 0 Å². The fourth-order valence-corrected chi connectivity index (χ4v) is 3.75. The molecule has 0 radical (unpaired) electrons. The van der Waals surface area contributed by atoms with Crippen LogP contribution in [0.4, 0.5) is 5.69 Å². The highest BCUT2D eigenvalue weighted by molar-refractivity contribution is 7.92. The Morgan fingerprint density at radius 3 is 2.25 bits per heavy atom. The molecule has 6 heteroatoms. The van der Waals surface area contributed by atoms with E-state index in [1.54, 1.807) is 36.1 Å². The summed E-state index contributed by atoms with van der Waals surface area (Å²) in [5, 5.41) is 0. The van der Waals surface area contributed by atoms with Gasteiger partial charge in [-0.1, -0.05) is 18.2 Å². The molecule has 0 saturated carbocycles. The number of hydrogen-bond donors (Lipinski definition) is 0. The number of hydrogen-bond acceptors (Lipinski definition) is 3. The lowest BCUT2D eigenvalue weighted by molar-refractivity contribution is -0.130. The molecule has 0 N–H and O–H groups in total. The molecule has 0 aromatic heterocycles. The van der Waals surface area contributed by atoms with E-state index in [9.17, 15) is 13.2 Å². The molecule has 0 unspecified atom stereocenters. The summed E-state index contributed by atoms with van der Waals surface area (Å²) in [5.74, 6) is -0.128. The molecule has 1 fully saturated rings. The number of benzene rings is 1. The minimum atomic E-state index is -3.51. The monoisotopic (exact) mass is 296 g/mol. The van der Waals surface area contributed by atoms with Crippen LogP contribution in [0.1, 0.15) is 19.8 Å². The van der Waals surface area contributed by atoms with Crippen LogP contribution in [0.3, 0.4) is 0 Å². The number of sulfonamides is 1. The van der Waals surface area contributed by atoms with E-state index < -0.39 is 16.1 Å². The van der Waals surface area contributed by atoms with Gasteiger partial charge in [0, 0.05) is 13.1 Å². The van der Waals surface area contributed by atoms with Crippen LogP contribution >= 0.6 is 0 Å². The Kier molecular flexibility index (Phi) is 4.32. The largest absolute Gasteiger partial charge is 0.341 e. The summed E-state index contributed by atoms with van der Waals surface area (Å²) in [6.07, 6.45) is 3.11. The third-order valence-corrected chi connectivity index (χ3v) is 4.74. The van der Waals surface area contributed by atoms with Gasteiger partial charge in [-0.25, -0.2) is 8.42 Å². The van der Waals surface area contributed by atoms with Crippen molar-refractivity contribution < 1.29 is 13.2 Å². The van der Waals surface area contributed by atoms with Gasteiger partial charge in [-0.3, -0.25) is 9.10 Å². The second-order valence-electron chi connectivity index (χ2n) is 5.10. The molecule has 1 aromatic rings. The van der Waals surface area contributed by atoms with Gasteiger partial charge in [0.1, 0.15) is 6.04 Å². The number of likely N-dealkylation sites (tertiary alicyclic amines) is 1. The van der Waals surface area contributed by atoms with E-state index in [-0.39, 0.29) is 5.91 Å². The molecule has 0 spiro atoms. The molecule has 1 aliphatic heterocycles. The zero-order valence-corrected chi connectivity index (χ0v) is 12.6. The van der Waals surface area contributed by atoms with E-state index in [2.05, 4.69) is 0 Å². The lowest BCUT2D eigenvalue weighted by Gasteiger charge is -2.30. The van der Waals surface area contributed by atoms with Crippen molar-refractivity contribution in [2.24, 2.45) is 0 Å². The number of carbonyl (C=O) groups excluding carboxylic acids is 1. The summed E-state index contributed by atoms with van der Waals surface area (Å²) in [7, 11) is -3.51. The van der Waals surface area contributed by atoms with E-state index in [1.165, 1.54) is 4.31 Å². The molecule has 1 saturated heterocycles. The van der Waals surface area contributed by atoms with Gasteiger partial charge in [0.05, 0.1) is 11.9 Å². The summed E-state index contributed by atoms with van der Waals surface area (Å²) in [6, 6.07) is 8.03. The first kappa shape index (κ1) is 14.8. The molecule has 5 nitrogen and oxygen atoms in total. The number of para-hydroxylation sites is 1. The van der Waals surface area contributed by atoms with Gasteiger partial charge >= 0.3 is 0 Å². The third-order valence-electron chi connectivity index (χ3n) is 3.49. The van der Waals surface area contributed by atoms with Crippen molar-refractivity contribution in [3.63, 3.8) is 0 Å².